The van der Waals surface area contributed by atoms with Crippen molar-refractivity contribution in [2.75, 3.05) is 26.2 Å². The summed E-state index contributed by atoms with van der Waals surface area (Å²) in [4.78, 5) is 16.7. The molecule has 1 aliphatic heterocycles. The van der Waals surface area contributed by atoms with Crippen LogP contribution in [-0.2, 0) is 11.3 Å². The van der Waals surface area contributed by atoms with E-state index in [0.717, 1.165) is 62.1 Å². The van der Waals surface area contributed by atoms with E-state index in [1.807, 2.05) is 18.2 Å². The van der Waals surface area contributed by atoms with Gasteiger partial charge in [-0.2, -0.15) is 0 Å². The molecule has 1 amide bonds. The summed E-state index contributed by atoms with van der Waals surface area (Å²) in [6.45, 7) is 6.65. The van der Waals surface area contributed by atoms with Crippen LogP contribution in [0.15, 0.2) is 18.2 Å². The molecule has 0 radical (unpaired) electrons. The van der Waals surface area contributed by atoms with Gasteiger partial charge in [-0.15, -0.1) is 0 Å². The van der Waals surface area contributed by atoms with Crippen LogP contribution in [0.5, 0.6) is 0 Å². The van der Waals surface area contributed by atoms with E-state index in [2.05, 4.69) is 9.80 Å². The Hall–Kier alpha value is -0.770. The van der Waals surface area contributed by atoms with E-state index in [4.69, 9.17) is 23.2 Å². The molecule has 5 heteroatoms. The van der Waals surface area contributed by atoms with Crippen LogP contribution in [0.1, 0.15) is 57.4 Å². The highest BCUT2D eigenvalue weighted by Crippen LogP contribution is 2.27. The molecule has 1 saturated carbocycles. The minimum Gasteiger partial charge on any atom is -0.342 e. The summed E-state index contributed by atoms with van der Waals surface area (Å²) < 4.78 is 0. The van der Waals surface area contributed by atoms with Gasteiger partial charge in [0.2, 0.25) is 5.91 Å². The van der Waals surface area contributed by atoms with Crippen molar-refractivity contribution in [3.8, 4) is 0 Å². The standard InChI is InChI=1S/C22H32Cl2N2O/c1-17(27)26(14-18-5-3-2-4-6-18)15-19-9-11-25(12-10-19)16-20-7-8-21(23)13-22(20)24/h7-8,13,18-19H,2-6,9-12,14-16H2,1H3. The lowest BCUT2D eigenvalue weighted by Gasteiger charge is -2.36. The molecule has 1 aliphatic carbocycles. The molecule has 150 valence electrons. The van der Waals surface area contributed by atoms with Crippen molar-refractivity contribution < 1.29 is 4.79 Å². The second kappa shape index (κ2) is 10.1. The van der Waals surface area contributed by atoms with Crippen LogP contribution >= 0.6 is 23.2 Å². The highest BCUT2D eigenvalue weighted by Gasteiger charge is 2.25. The summed E-state index contributed by atoms with van der Waals surface area (Å²) in [5.74, 6) is 1.58. The zero-order chi connectivity index (χ0) is 19.2. The van der Waals surface area contributed by atoms with Gasteiger partial charge in [0.05, 0.1) is 0 Å². The van der Waals surface area contributed by atoms with E-state index in [1.54, 1.807) is 6.92 Å². The second-order valence-corrected chi connectivity index (χ2v) is 9.23. The normalized spacial score (nSPS) is 20.0. The topological polar surface area (TPSA) is 23.6 Å². The first-order valence-electron chi connectivity index (χ1n) is 10.4. The Labute approximate surface area is 174 Å². The van der Waals surface area contributed by atoms with Gasteiger partial charge in [-0.3, -0.25) is 9.69 Å². The molecular formula is C22H32Cl2N2O. The number of nitrogens with zero attached hydrogens (tertiary/aromatic N) is 2. The Morgan fingerprint density at radius 1 is 1.04 bits per heavy atom. The van der Waals surface area contributed by atoms with Gasteiger partial charge in [0.15, 0.2) is 0 Å². The molecule has 0 N–H and O–H groups in total. The number of amides is 1. The molecule has 27 heavy (non-hydrogen) atoms. The Kier molecular flexibility index (Phi) is 7.86. The SMILES string of the molecule is CC(=O)N(CC1CCCCC1)CC1CCN(Cc2ccc(Cl)cc2Cl)CC1. The van der Waals surface area contributed by atoms with Crippen LogP contribution in [0.4, 0.5) is 0 Å². The number of piperidine rings is 1. The third kappa shape index (κ3) is 6.37. The predicted molar refractivity (Wildman–Crippen MR) is 113 cm³/mol. The zero-order valence-corrected chi connectivity index (χ0v) is 17.9. The summed E-state index contributed by atoms with van der Waals surface area (Å²) >= 11 is 12.3. The van der Waals surface area contributed by atoms with Crippen LogP contribution in [0.2, 0.25) is 10.0 Å². The quantitative estimate of drug-likeness (QED) is 0.605. The fourth-order valence-electron chi connectivity index (χ4n) is 4.54. The average Bonchev–Trinajstić information content (AvgIpc) is 2.65. The van der Waals surface area contributed by atoms with Crippen molar-refractivity contribution in [1.82, 2.24) is 9.80 Å². The molecule has 1 heterocycles. The van der Waals surface area contributed by atoms with Crippen molar-refractivity contribution in [2.45, 2.75) is 58.4 Å². The maximum absolute atomic E-state index is 12.2. The van der Waals surface area contributed by atoms with Gasteiger partial charge >= 0.3 is 0 Å². The summed E-state index contributed by atoms with van der Waals surface area (Å²) in [6, 6.07) is 5.76. The molecule has 2 fully saturated rings. The maximum atomic E-state index is 12.2. The first-order valence-corrected chi connectivity index (χ1v) is 11.2. The van der Waals surface area contributed by atoms with Crippen molar-refractivity contribution in [3.05, 3.63) is 33.8 Å². The third-order valence-corrected chi connectivity index (χ3v) is 6.83. The van der Waals surface area contributed by atoms with Crippen LogP contribution < -0.4 is 0 Å². The second-order valence-electron chi connectivity index (χ2n) is 8.38. The lowest BCUT2D eigenvalue weighted by Crippen LogP contribution is -2.42. The molecule has 3 nitrogen and oxygen atoms in total. The van der Waals surface area contributed by atoms with Gasteiger partial charge in [-0.25, -0.2) is 0 Å². The Bertz CT molecular complexity index is 623. The number of rotatable bonds is 6. The molecular weight excluding hydrogens is 379 g/mol. The van der Waals surface area contributed by atoms with E-state index < -0.39 is 0 Å². The minimum atomic E-state index is 0.246. The summed E-state index contributed by atoms with van der Waals surface area (Å²) in [5.41, 5.74) is 1.14. The van der Waals surface area contributed by atoms with Crippen molar-refractivity contribution in [1.29, 1.82) is 0 Å². The first-order chi connectivity index (χ1) is 13.0. The van der Waals surface area contributed by atoms with E-state index >= 15 is 0 Å². The van der Waals surface area contributed by atoms with Gasteiger partial charge in [0.1, 0.15) is 0 Å². The number of hydrogen-bond donors (Lipinski definition) is 0. The van der Waals surface area contributed by atoms with Crippen LogP contribution in [0, 0.1) is 11.8 Å². The van der Waals surface area contributed by atoms with E-state index in [-0.39, 0.29) is 5.91 Å². The molecule has 3 rings (SSSR count). The number of carbonyl (C=O) groups is 1. The molecule has 0 bridgehead atoms. The number of likely N-dealkylation sites (tertiary alicyclic amines) is 1. The maximum Gasteiger partial charge on any atom is 0.219 e. The molecule has 2 aliphatic rings. The summed E-state index contributed by atoms with van der Waals surface area (Å²) in [7, 11) is 0. The predicted octanol–water partition coefficient (Wildman–Crippen LogP) is 5.63. The average molecular weight is 411 g/mol. The van der Waals surface area contributed by atoms with Gasteiger partial charge in [-0.05, 0) is 68.3 Å². The van der Waals surface area contributed by atoms with Gasteiger partial charge in [0.25, 0.3) is 0 Å². The minimum absolute atomic E-state index is 0.246. The fourth-order valence-corrected chi connectivity index (χ4v) is 5.01. The first kappa shape index (κ1) is 21.0. The number of hydrogen-bond acceptors (Lipinski definition) is 2. The number of halogens is 2. The number of carbonyl (C=O) groups excluding carboxylic acids is 1. The summed E-state index contributed by atoms with van der Waals surface area (Å²) in [5, 5.41) is 1.43. The van der Waals surface area contributed by atoms with Crippen LogP contribution in [0.25, 0.3) is 0 Å². The highest BCUT2D eigenvalue weighted by atomic mass is 35.5. The molecule has 0 spiro atoms. The number of benzene rings is 1. The Morgan fingerprint density at radius 3 is 2.26 bits per heavy atom. The molecule has 0 unspecified atom stereocenters. The molecule has 0 atom stereocenters. The molecule has 1 aromatic carbocycles. The van der Waals surface area contributed by atoms with Crippen molar-refractivity contribution in [3.63, 3.8) is 0 Å². The lowest BCUT2D eigenvalue weighted by atomic mass is 9.88. The smallest absolute Gasteiger partial charge is 0.219 e. The highest BCUT2D eigenvalue weighted by molar-refractivity contribution is 6.35. The zero-order valence-electron chi connectivity index (χ0n) is 16.4. The van der Waals surface area contributed by atoms with Gasteiger partial charge in [0, 0.05) is 36.6 Å². The van der Waals surface area contributed by atoms with E-state index in [1.165, 1.54) is 32.1 Å². The van der Waals surface area contributed by atoms with Crippen LogP contribution in [-0.4, -0.2) is 41.9 Å². The van der Waals surface area contributed by atoms with Crippen LogP contribution in [0.3, 0.4) is 0 Å². The van der Waals surface area contributed by atoms with E-state index in [0.29, 0.717) is 10.9 Å². The fraction of sp³-hybridized carbons (Fsp3) is 0.682. The molecule has 1 aromatic rings. The largest absolute Gasteiger partial charge is 0.342 e. The van der Waals surface area contributed by atoms with E-state index in [9.17, 15) is 4.79 Å². The third-order valence-electron chi connectivity index (χ3n) is 6.24. The van der Waals surface area contributed by atoms with Crippen molar-refractivity contribution in [2.24, 2.45) is 11.8 Å². The Morgan fingerprint density at radius 2 is 1.67 bits per heavy atom. The lowest BCUT2D eigenvalue weighted by molar-refractivity contribution is -0.130. The monoisotopic (exact) mass is 410 g/mol. The molecule has 1 saturated heterocycles. The Balaban J connectivity index is 1.46. The van der Waals surface area contributed by atoms with Gasteiger partial charge in [-0.1, -0.05) is 48.5 Å². The van der Waals surface area contributed by atoms with Crippen molar-refractivity contribution >= 4 is 29.1 Å². The van der Waals surface area contributed by atoms with Gasteiger partial charge < -0.3 is 4.90 Å². The molecule has 0 aromatic heterocycles. The summed E-state index contributed by atoms with van der Waals surface area (Å²) in [6.07, 6.45) is 8.93.